The lowest BCUT2D eigenvalue weighted by molar-refractivity contribution is 0.332. The van der Waals surface area contributed by atoms with E-state index in [2.05, 4.69) is 207 Å². The molecule has 52 heavy (non-hydrogen) atoms. The third-order valence-corrected chi connectivity index (χ3v) is 11.5. The van der Waals surface area contributed by atoms with Gasteiger partial charge in [0.2, 0.25) is 0 Å². The van der Waals surface area contributed by atoms with Crippen LogP contribution in [0.5, 0.6) is 0 Å². The minimum atomic E-state index is 0.143. The van der Waals surface area contributed by atoms with E-state index in [1.54, 1.807) is 0 Å². The zero-order valence-corrected chi connectivity index (χ0v) is 30.5. The van der Waals surface area contributed by atoms with E-state index in [1.165, 1.54) is 73.7 Å². The quantitative estimate of drug-likeness (QED) is 0.171. The topological polar surface area (TPSA) is 8.17 Å². The lowest BCUT2D eigenvalue weighted by Crippen LogP contribution is -2.33. The summed E-state index contributed by atoms with van der Waals surface area (Å²) in [4.78, 5) is 2.33. The number of aromatic nitrogens is 1. The highest BCUT2D eigenvalue weighted by molar-refractivity contribution is 6.10. The van der Waals surface area contributed by atoms with Gasteiger partial charge in [0.05, 0.1) is 11.0 Å². The first-order chi connectivity index (χ1) is 25.3. The number of para-hydroxylation sites is 2. The van der Waals surface area contributed by atoms with Gasteiger partial charge in [-0.1, -0.05) is 137 Å². The van der Waals surface area contributed by atoms with Gasteiger partial charge in [-0.25, -0.2) is 0 Å². The minimum Gasteiger partial charge on any atom is -0.311 e. The molecule has 1 heterocycles. The largest absolute Gasteiger partial charge is 0.311 e. The van der Waals surface area contributed by atoms with Crippen LogP contribution in [0.25, 0.3) is 49.7 Å². The van der Waals surface area contributed by atoms with Crippen molar-refractivity contribution in [3.8, 4) is 27.9 Å². The van der Waals surface area contributed by atoms with Crippen molar-refractivity contribution >= 4 is 38.9 Å². The monoisotopic (exact) mass is 672 g/mol. The van der Waals surface area contributed by atoms with E-state index in [0.29, 0.717) is 0 Å². The molecular weight excluding hydrogens is 629 g/mol. The summed E-state index contributed by atoms with van der Waals surface area (Å²) in [6, 6.07) is 62.2. The van der Waals surface area contributed by atoms with Crippen molar-refractivity contribution in [1.29, 1.82) is 0 Å². The fourth-order valence-corrected chi connectivity index (χ4v) is 8.40. The van der Waals surface area contributed by atoms with Gasteiger partial charge in [0.15, 0.2) is 0 Å². The van der Waals surface area contributed by atoms with Crippen LogP contribution in [0.2, 0.25) is 0 Å². The maximum atomic E-state index is 2.48. The van der Waals surface area contributed by atoms with Gasteiger partial charge in [0.25, 0.3) is 0 Å². The van der Waals surface area contributed by atoms with Crippen LogP contribution in [-0.2, 0) is 10.8 Å². The zero-order valence-electron chi connectivity index (χ0n) is 30.5. The summed E-state index contributed by atoms with van der Waals surface area (Å²) >= 11 is 0. The number of anilines is 3. The van der Waals surface area contributed by atoms with E-state index in [1.807, 2.05) is 0 Å². The maximum absolute atomic E-state index is 2.48. The van der Waals surface area contributed by atoms with E-state index in [-0.39, 0.29) is 10.8 Å². The molecule has 0 saturated carbocycles. The van der Waals surface area contributed by atoms with E-state index in [9.17, 15) is 0 Å². The lowest BCUT2D eigenvalue weighted by Gasteiger charge is -2.42. The van der Waals surface area contributed by atoms with Crippen LogP contribution in [0.1, 0.15) is 51.7 Å². The third-order valence-electron chi connectivity index (χ3n) is 11.5. The van der Waals surface area contributed by atoms with Gasteiger partial charge >= 0.3 is 0 Å². The Kier molecular flexibility index (Phi) is 7.66. The zero-order chi connectivity index (χ0) is 35.5. The van der Waals surface area contributed by atoms with Gasteiger partial charge in [-0.15, -0.1) is 0 Å². The predicted octanol–water partition coefficient (Wildman–Crippen LogP) is 13.9. The maximum Gasteiger partial charge on any atom is 0.0547 e. The van der Waals surface area contributed by atoms with Crippen molar-refractivity contribution in [2.45, 2.75) is 51.4 Å². The molecule has 2 heteroatoms. The Balaban J connectivity index is 1.12. The first-order valence-electron chi connectivity index (χ1n) is 18.6. The van der Waals surface area contributed by atoms with Crippen molar-refractivity contribution < 1.29 is 0 Å². The smallest absolute Gasteiger partial charge is 0.0547 e. The van der Waals surface area contributed by atoms with Crippen molar-refractivity contribution in [3.63, 3.8) is 0 Å². The molecule has 1 aliphatic rings. The van der Waals surface area contributed by atoms with Crippen LogP contribution in [0.3, 0.4) is 0 Å². The number of hydrogen-bond acceptors (Lipinski definition) is 1. The Hall–Kier alpha value is -5.86. The molecule has 0 fully saturated rings. The fourth-order valence-electron chi connectivity index (χ4n) is 8.40. The second-order valence-electron chi connectivity index (χ2n) is 15.7. The molecular formula is C50H44N2. The molecule has 254 valence electrons. The van der Waals surface area contributed by atoms with Gasteiger partial charge < -0.3 is 9.47 Å². The van der Waals surface area contributed by atoms with E-state index >= 15 is 0 Å². The van der Waals surface area contributed by atoms with Gasteiger partial charge in [0, 0.05) is 33.5 Å². The number of hydrogen-bond donors (Lipinski definition) is 0. The summed E-state index contributed by atoms with van der Waals surface area (Å²) in [6.07, 6.45) is 2.41. The third kappa shape index (κ3) is 5.51. The lowest BCUT2D eigenvalue weighted by atomic mass is 9.63. The average Bonchev–Trinajstić information content (AvgIpc) is 3.52. The SMILES string of the molecule is CC1(C)CCC(C)(C)c2cc(-n3c4ccccc4c4ccc(-c5ccc(N(c6ccccc6)c6ccc(-c7ccccc7)cc6)cc5)cc43)ccc21. The Morgan fingerprint density at radius 2 is 0.904 bits per heavy atom. The van der Waals surface area contributed by atoms with E-state index in [4.69, 9.17) is 0 Å². The highest BCUT2D eigenvalue weighted by atomic mass is 15.1. The van der Waals surface area contributed by atoms with Gasteiger partial charge in [-0.2, -0.15) is 0 Å². The number of nitrogens with zero attached hydrogens (tertiary/aromatic N) is 2. The van der Waals surface area contributed by atoms with Crippen LogP contribution in [0.15, 0.2) is 170 Å². The molecule has 1 aliphatic carbocycles. The van der Waals surface area contributed by atoms with Crippen LogP contribution in [0, 0.1) is 0 Å². The summed E-state index contributed by atoms with van der Waals surface area (Å²) in [5.41, 5.74) is 15.2. The molecule has 2 nitrogen and oxygen atoms in total. The molecule has 0 bridgehead atoms. The fraction of sp³-hybridized carbons (Fsp3) is 0.160. The summed E-state index contributed by atoms with van der Waals surface area (Å²) < 4.78 is 2.48. The molecule has 0 unspecified atom stereocenters. The van der Waals surface area contributed by atoms with E-state index < -0.39 is 0 Å². The molecule has 9 rings (SSSR count). The molecule has 0 saturated heterocycles. The van der Waals surface area contributed by atoms with Crippen molar-refractivity contribution in [3.05, 3.63) is 181 Å². The van der Waals surface area contributed by atoms with E-state index in [0.717, 1.165) is 17.1 Å². The van der Waals surface area contributed by atoms with Gasteiger partial charge in [-0.05, 0) is 118 Å². The van der Waals surface area contributed by atoms with Crippen molar-refractivity contribution in [1.82, 2.24) is 4.57 Å². The normalized spacial score (nSPS) is 14.7. The van der Waals surface area contributed by atoms with Crippen molar-refractivity contribution in [2.24, 2.45) is 0 Å². The first kappa shape index (κ1) is 32.1. The molecule has 0 spiro atoms. The van der Waals surface area contributed by atoms with Crippen LogP contribution < -0.4 is 4.90 Å². The molecule has 7 aromatic carbocycles. The van der Waals surface area contributed by atoms with Gasteiger partial charge in [0.1, 0.15) is 0 Å². The van der Waals surface area contributed by atoms with Crippen LogP contribution in [0.4, 0.5) is 17.1 Å². The minimum absolute atomic E-state index is 0.143. The summed E-state index contributed by atoms with van der Waals surface area (Å²) in [6.45, 7) is 9.63. The first-order valence-corrected chi connectivity index (χ1v) is 18.6. The molecule has 0 radical (unpaired) electrons. The predicted molar refractivity (Wildman–Crippen MR) is 222 cm³/mol. The Labute approximate surface area is 307 Å². The summed E-state index contributed by atoms with van der Waals surface area (Å²) in [5.74, 6) is 0. The highest BCUT2D eigenvalue weighted by Gasteiger charge is 2.37. The van der Waals surface area contributed by atoms with Crippen LogP contribution in [-0.4, -0.2) is 4.57 Å². The summed E-state index contributed by atoms with van der Waals surface area (Å²) in [5, 5.41) is 2.57. The Bertz CT molecular complexity index is 2540. The molecule has 0 aliphatic heterocycles. The molecule has 0 amide bonds. The number of rotatable bonds is 6. The van der Waals surface area contributed by atoms with Gasteiger partial charge in [-0.3, -0.25) is 0 Å². The molecule has 8 aromatic rings. The number of fused-ring (bicyclic) bond motifs is 4. The van der Waals surface area contributed by atoms with Crippen LogP contribution >= 0.6 is 0 Å². The second-order valence-corrected chi connectivity index (χ2v) is 15.7. The molecule has 0 N–H and O–H groups in total. The van der Waals surface area contributed by atoms with Crippen molar-refractivity contribution in [2.75, 3.05) is 4.90 Å². The number of benzene rings is 7. The summed E-state index contributed by atoms with van der Waals surface area (Å²) in [7, 11) is 0. The molecule has 0 atom stereocenters. The second kappa shape index (κ2) is 12.4. The average molecular weight is 673 g/mol. The standard InChI is InChI=1S/C50H44N2/c1-49(2)31-32-50(3,4)46-34-42(28-30-45(46)49)52-47-18-12-11-17-43(47)44-29-23-38(33-48(44)52)37-21-26-41(27-22-37)51(39-15-9-6-10-16-39)40-24-19-36(20-25-40)35-13-7-5-8-14-35/h5-30,33-34H,31-32H2,1-4H3. The molecule has 1 aromatic heterocycles. The Morgan fingerprint density at radius 1 is 0.404 bits per heavy atom. The Morgan fingerprint density at radius 3 is 1.58 bits per heavy atom. The highest BCUT2D eigenvalue weighted by Crippen LogP contribution is 2.47.